The Kier molecular flexibility index (Phi) is 6.01. The first kappa shape index (κ1) is 17.1. The average molecular weight is 379 g/mol. The fraction of sp³-hybridized carbons (Fsp3) is 0.176. The summed E-state index contributed by atoms with van der Waals surface area (Å²) < 4.78 is 14.4. The first-order chi connectivity index (χ1) is 11.7. The Hall–Kier alpha value is -1.70. The Morgan fingerprint density at radius 3 is 2.88 bits per heavy atom. The summed E-state index contributed by atoms with van der Waals surface area (Å²) in [5.74, 6) is 0.290. The van der Waals surface area contributed by atoms with Gasteiger partial charge in [-0.2, -0.15) is 0 Å². The Labute approximate surface area is 152 Å². The van der Waals surface area contributed by atoms with E-state index >= 15 is 0 Å². The molecule has 1 amide bonds. The molecule has 0 aliphatic heterocycles. The monoisotopic (exact) mass is 378 g/mol. The highest BCUT2D eigenvalue weighted by Crippen LogP contribution is 2.27. The van der Waals surface area contributed by atoms with Crippen molar-refractivity contribution in [2.75, 3.05) is 0 Å². The molecular weight excluding hydrogens is 363 g/mol. The van der Waals surface area contributed by atoms with Gasteiger partial charge in [0.05, 0.1) is 18.7 Å². The molecular formula is C17H15FN2OS3. The summed E-state index contributed by atoms with van der Waals surface area (Å²) in [5, 5.41) is 6.76. The highest BCUT2D eigenvalue weighted by molar-refractivity contribution is 8.00. The molecule has 24 heavy (non-hydrogen) atoms. The lowest BCUT2D eigenvalue weighted by atomic mass is 10.2. The van der Waals surface area contributed by atoms with Crippen LogP contribution in [0, 0.1) is 5.82 Å². The number of carbonyl (C=O) groups is 1. The summed E-state index contributed by atoms with van der Waals surface area (Å²) in [6, 6.07) is 10.7. The third-order valence-electron chi connectivity index (χ3n) is 3.22. The Morgan fingerprint density at radius 1 is 1.21 bits per heavy atom. The van der Waals surface area contributed by atoms with Gasteiger partial charge in [-0.1, -0.05) is 36.0 Å². The molecule has 0 fully saturated rings. The van der Waals surface area contributed by atoms with Crippen molar-refractivity contribution in [1.82, 2.24) is 10.3 Å². The predicted molar refractivity (Wildman–Crippen MR) is 97.9 cm³/mol. The molecule has 0 radical (unpaired) electrons. The van der Waals surface area contributed by atoms with Gasteiger partial charge in [0, 0.05) is 16.0 Å². The van der Waals surface area contributed by atoms with E-state index in [1.165, 1.54) is 29.2 Å². The first-order valence-corrected chi connectivity index (χ1v) is 10.0. The van der Waals surface area contributed by atoms with Crippen molar-refractivity contribution in [3.05, 3.63) is 69.1 Å². The number of aromatic nitrogens is 1. The molecule has 0 spiro atoms. The molecule has 3 nitrogen and oxygen atoms in total. The van der Waals surface area contributed by atoms with Crippen molar-refractivity contribution in [1.29, 1.82) is 0 Å². The number of benzene rings is 1. The number of amides is 1. The van der Waals surface area contributed by atoms with Crippen molar-refractivity contribution >= 4 is 40.3 Å². The van der Waals surface area contributed by atoms with Gasteiger partial charge >= 0.3 is 0 Å². The first-order valence-electron chi connectivity index (χ1n) is 7.30. The molecule has 0 atom stereocenters. The normalized spacial score (nSPS) is 10.7. The van der Waals surface area contributed by atoms with Gasteiger partial charge in [0.25, 0.3) is 0 Å². The molecule has 0 saturated heterocycles. The van der Waals surface area contributed by atoms with E-state index in [0.717, 1.165) is 14.9 Å². The van der Waals surface area contributed by atoms with Crippen molar-refractivity contribution in [3.63, 3.8) is 0 Å². The van der Waals surface area contributed by atoms with Crippen LogP contribution in [0.3, 0.4) is 0 Å². The van der Waals surface area contributed by atoms with Gasteiger partial charge in [-0.3, -0.25) is 4.79 Å². The highest BCUT2D eigenvalue weighted by atomic mass is 32.2. The lowest BCUT2D eigenvalue weighted by molar-refractivity contribution is -0.120. The third kappa shape index (κ3) is 4.90. The van der Waals surface area contributed by atoms with Gasteiger partial charge in [-0.25, -0.2) is 9.37 Å². The highest BCUT2D eigenvalue weighted by Gasteiger charge is 2.09. The summed E-state index contributed by atoms with van der Waals surface area (Å²) in [6.07, 6.45) is 0.266. The lowest BCUT2D eigenvalue weighted by Gasteiger charge is -2.02. The third-order valence-corrected chi connectivity index (χ3v) is 6.22. The second kappa shape index (κ2) is 8.41. The van der Waals surface area contributed by atoms with Gasteiger partial charge in [-0.15, -0.1) is 22.7 Å². The number of thiophene rings is 1. The van der Waals surface area contributed by atoms with Crippen LogP contribution >= 0.6 is 34.4 Å². The Bertz CT molecular complexity index is 802. The molecule has 1 aromatic carbocycles. The maximum atomic E-state index is 13.6. The molecule has 2 heterocycles. The summed E-state index contributed by atoms with van der Waals surface area (Å²) in [6.45, 7) is 0.551. The number of nitrogens with zero attached hydrogens (tertiary/aromatic N) is 1. The van der Waals surface area contributed by atoms with Crippen LogP contribution in [-0.4, -0.2) is 10.9 Å². The molecule has 3 aromatic rings. The van der Waals surface area contributed by atoms with E-state index in [4.69, 9.17) is 0 Å². The molecule has 2 aromatic heterocycles. The van der Waals surface area contributed by atoms with Crippen molar-refractivity contribution in [2.45, 2.75) is 23.1 Å². The van der Waals surface area contributed by atoms with Crippen LogP contribution in [0.2, 0.25) is 0 Å². The molecule has 0 unspecified atom stereocenters. The minimum Gasteiger partial charge on any atom is -0.351 e. The van der Waals surface area contributed by atoms with Crippen LogP contribution < -0.4 is 5.32 Å². The molecule has 1 N–H and O–H groups in total. The van der Waals surface area contributed by atoms with Gasteiger partial charge in [0.1, 0.15) is 10.2 Å². The van der Waals surface area contributed by atoms with E-state index in [1.54, 1.807) is 23.5 Å². The van der Waals surface area contributed by atoms with E-state index in [0.29, 0.717) is 17.9 Å². The largest absolute Gasteiger partial charge is 0.351 e. The smallest absolute Gasteiger partial charge is 0.226 e. The summed E-state index contributed by atoms with van der Waals surface area (Å²) >= 11 is 4.59. The standard InChI is InChI=1S/C17H15FN2OS3/c18-15-6-2-1-4-12(15)10-23-17-20-13(11-24-17)8-16(21)19-9-14-5-3-7-22-14/h1-7,11H,8-10H2,(H,19,21). The SMILES string of the molecule is O=C(Cc1csc(SCc2ccccc2F)n1)NCc1cccs1. The lowest BCUT2D eigenvalue weighted by Crippen LogP contribution is -2.24. The molecule has 0 aliphatic carbocycles. The van der Waals surface area contributed by atoms with Crippen LogP contribution in [0.15, 0.2) is 51.5 Å². The summed E-state index contributed by atoms with van der Waals surface area (Å²) in [7, 11) is 0. The summed E-state index contributed by atoms with van der Waals surface area (Å²) in [4.78, 5) is 17.5. The number of halogens is 1. The minimum atomic E-state index is -0.199. The summed E-state index contributed by atoms with van der Waals surface area (Å²) in [5.41, 5.74) is 1.41. The number of hydrogen-bond donors (Lipinski definition) is 1. The van der Waals surface area contributed by atoms with E-state index in [9.17, 15) is 9.18 Å². The molecule has 7 heteroatoms. The van der Waals surface area contributed by atoms with E-state index < -0.39 is 0 Å². The Morgan fingerprint density at radius 2 is 2.08 bits per heavy atom. The van der Waals surface area contributed by atoms with E-state index in [2.05, 4.69) is 10.3 Å². The number of thioether (sulfide) groups is 1. The average Bonchev–Trinajstić information content (AvgIpc) is 3.24. The fourth-order valence-electron chi connectivity index (χ4n) is 2.02. The van der Waals surface area contributed by atoms with Crippen LogP contribution in [0.25, 0.3) is 0 Å². The zero-order valence-corrected chi connectivity index (χ0v) is 15.1. The maximum Gasteiger partial charge on any atom is 0.226 e. The second-order valence-electron chi connectivity index (χ2n) is 5.02. The molecule has 124 valence electrons. The number of hydrogen-bond acceptors (Lipinski definition) is 5. The molecule has 3 rings (SSSR count). The van der Waals surface area contributed by atoms with Crippen molar-refractivity contribution in [3.8, 4) is 0 Å². The molecule has 0 saturated carbocycles. The number of carbonyl (C=O) groups excluding carboxylic acids is 1. The van der Waals surface area contributed by atoms with E-state index in [1.807, 2.05) is 29.0 Å². The topological polar surface area (TPSA) is 42.0 Å². The fourth-order valence-corrected chi connectivity index (χ4v) is 4.49. The predicted octanol–water partition coefficient (Wildman–Crippen LogP) is 4.49. The molecule has 0 aliphatic rings. The van der Waals surface area contributed by atoms with Crippen LogP contribution in [0.4, 0.5) is 4.39 Å². The zero-order chi connectivity index (χ0) is 16.8. The van der Waals surface area contributed by atoms with Crippen molar-refractivity contribution in [2.24, 2.45) is 0 Å². The van der Waals surface area contributed by atoms with Crippen LogP contribution in [0.1, 0.15) is 16.1 Å². The number of nitrogens with one attached hydrogen (secondary N) is 1. The minimum absolute atomic E-state index is 0.0423. The van der Waals surface area contributed by atoms with Gasteiger partial charge in [0.15, 0.2) is 0 Å². The molecule has 0 bridgehead atoms. The quantitative estimate of drug-likeness (QED) is 0.616. The number of thiazole rings is 1. The van der Waals surface area contributed by atoms with Crippen LogP contribution in [0.5, 0.6) is 0 Å². The second-order valence-corrected chi connectivity index (χ2v) is 8.13. The maximum absolute atomic E-state index is 13.6. The van der Waals surface area contributed by atoms with E-state index in [-0.39, 0.29) is 18.1 Å². The number of rotatable bonds is 7. The zero-order valence-electron chi connectivity index (χ0n) is 12.7. The van der Waals surface area contributed by atoms with Gasteiger partial charge in [-0.05, 0) is 23.1 Å². The van der Waals surface area contributed by atoms with Crippen molar-refractivity contribution < 1.29 is 9.18 Å². The van der Waals surface area contributed by atoms with Gasteiger partial charge in [0.2, 0.25) is 5.91 Å². The Balaban J connectivity index is 1.48. The van der Waals surface area contributed by atoms with Gasteiger partial charge < -0.3 is 5.32 Å². The van der Waals surface area contributed by atoms with Crippen LogP contribution in [-0.2, 0) is 23.5 Å².